The second kappa shape index (κ2) is 15.2. The van der Waals surface area contributed by atoms with Crippen molar-refractivity contribution in [2.75, 3.05) is 16.0 Å². The molecule has 0 spiro atoms. The molecule has 0 aromatic heterocycles. The minimum Gasteiger partial charge on any atom is -0.326 e. The number of anilines is 3. The van der Waals surface area contributed by atoms with Gasteiger partial charge in [-0.1, -0.05) is 53.5 Å². The maximum atomic E-state index is 13.4. The molecule has 0 fully saturated rings. The van der Waals surface area contributed by atoms with Gasteiger partial charge in [-0.05, 0) is 85.3 Å². The van der Waals surface area contributed by atoms with E-state index in [1.54, 1.807) is 97.9 Å². The van der Waals surface area contributed by atoms with E-state index in [1.807, 2.05) is 6.07 Å². The molecule has 0 radical (unpaired) electrons. The van der Waals surface area contributed by atoms with Crippen molar-refractivity contribution >= 4 is 81.7 Å². The van der Waals surface area contributed by atoms with Gasteiger partial charge < -0.3 is 21.3 Å². The fourth-order valence-corrected chi connectivity index (χ4v) is 5.29. The smallest absolute Gasteiger partial charge is 0.272 e. The van der Waals surface area contributed by atoms with Crippen LogP contribution in [0, 0.1) is 0 Å². The van der Waals surface area contributed by atoms with E-state index in [0.717, 1.165) is 4.90 Å². The topological polar surface area (TPSA) is 116 Å². The van der Waals surface area contributed by atoms with Gasteiger partial charge in [0.1, 0.15) is 5.70 Å². The van der Waals surface area contributed by atoms with Crippen LogP contribution in [0.5, 0.6) is 0 Å². The normalized spacial score (nSPS) is 11.7. The first-order valence-corrected chi connectivity index (χ1v) is 15.0. The average molecular weight is 648 g/mol. The van der Waals surface area contributed by atoms with E-state index in [1.165, 1.54) is 24.8 Å². The molecular weight excluding hydrogens is 619 g/mol. The largest absolute Gasteiger partial charge is 0.326 e. The molecule has 4 aromatic rings. The van der Waals surface area contributed by atoms with Crippen molar-refractivity contribution < 1.29 is 19.2 Å². The Morgan fingerprint density at radius 1 is 0.750 bits per heavy atom. The van der Waals surface area contributed by atoms with Crippen LogP contribution in [-0.4, -0.2) is 28.9 Å². The molecule has 0 bridgehead atoms. The van der Waals surface area contributed by atoms with Crippen LogP contribution >= 0.6 is 35.0 Å². The summed E-state index contributed by atoms with van der Waals surface area (Å²) in [5.74, 6) is -1.44. The summed E-state index contributed by atoms with van der Waals surface area (Å²) in [7, 11) is 0. The first-order valence-electron chi connectivity index (χ1n) is 13.4. The SMILES string of the molecule is CC(=O)Nc1ccc(NC(=O)C(C)Sc2cccc(NC(=O)/C(=C\c3ccc(Cl)cc3Cl)NC(=O)c3ccccc3)c2)cc1. The lowest BCUT2D eigenvalue weighted by Gasteiger charge is -2.14. The molecule has 4 amide bonds. The maximum Gasteiger partial charge on any atom is 0.272 e. The van der Waals surface area contributed by atoms with Crippen molar-refractivity contribution in [3.05, 3.63) is 124 Å². The molecule has 44 heavy (non-hydrogen) atoms. The molecule has 1 unspecified atom stereocenters. The summed E-state index contributed by atoms with van der Waals surface area (Å²) in [6, 6.07) is 27.2. The Kier molecular flexibility index (Phi) is 11.2. The number of halogens is 2. The minimum atomic E-state index is -0.573. The number of thioether (sulfide) groups is 1. The van der Waals surface area contributed by atoms with Gasteiger partial charge in [-0.15, -0.1) is 11.8 Å². The predicted octanol–water partition coefficient (Wildman–Crippen LogP) is 7.48. The number of benzene rings is 4. The first-order chi connectivity index (χ1) is 21.1. The van der Waals surface area contributed by atoms with Gasteiger partial charge in [-0.2, -0.15) is 0 Å². The second-order valence-electron chi connectivity index (χ2n) is 9.53. The number of nitrogens with one attached hydrogen (secondary N) is 4. The van der Waals surface area contributed by atoms with Gasteiger partial charge in [-0.25, -0.2) is 0 Å². The number of hydrogen-bond acceptors (Lipinski definition) is 5. The lowest BCUT2D eigenvalue weighted by Crippen LogP contribution is -2.30. The van der Waals surface area contributed by atoms with Gasteiger partial charge >= 0.3 is 0 Å². The van der Waals surface area contributed by atoms with Gasteiger partial charge in [0.15, 0.2) is 0 Å². The van der Waals surface area contributed by atoms with Gasteiger partial charge in [0.05, 0.1) is 5.25 Å². The molecule has 8 nitrogen and oxygen atoms in total. The number of carbonyl (C=O) groups is 4. The van der Waals surface area contributed by atoms with Crippen LogP contribution in [0.15, 0.2) is 108 Å². The number of hydrogen-bond donors (Lipinski definition) is 4. The quantitative estimate of drug-likeness (QED) is 0.105. The van der Waals surface area contributed by atoms with Gasteiger partial charge in [0.2, 0.25) is 11.8 Å². The number of carbonyl (C=O) groups excluding carboxylic acids is 4. The molecule has 0 saturated heterocycles. The van der Waals surface area contributed by atoms with Crippen molar-refractivity contribution in [2.45, 2.75) is 24.0 Å². The zero-order chi connectivity index (χ0) is 31.6. The Bertz CT molecular complexity index is 1710. The van der Waals surface area contributed by atoms with Crippen molar-refractivity contribution in [1.29, 1.82) is 0 Å². The maximum absolute atomic E-state index is 13.4. The third-order valence-corrected chi connectivity index (χ3v) is 7.69. The van der Waals surface area contributed by atoms with Crippen molar-refractivity contribution in [1.82, 2.24) is 5.32 Å². The number of rotatable bonds is 10. The van der Waals surface area contributed by atoms with Crippen LogP contribution in [-0.2, 0) is 14.4 Å². The third kappa shape index (κ3) is 9.47. The third-order valence-electron chi connectivity index (χ3n) is 6.04. The highest BCUT2D eigenvalue weighted by atomic mass is 35.5. The van der Waals surface area contributed by atoms with Crippen LogP contribution in [0.1, 0.15) is 29.8 Å². The zero-order valence-corrected chi connectivity index (χ0v) is 26.0. The Morgan fingerprint density at radius 2 is 1.43 bits per heavy atom. The van der Waals surface area contributed by atoms with Crippen LogP contribution < -0.4 is 21.3 Å². The molecule has 4 rings (SSSR count). The van der Waals surface area contributed by atoms with Gasteiger partial charge in [0.25, 0.3) is 11.8 Å². The molecule has 0 aliphatic carbocycles. The standard InChI is InChI=1S/C33H28Cl2N4O4S/c1-20(31(41)37-26-15-13-25(14-16-26)36-21(2)40)44-28-10-6-9-27(19-28)38-33(43)30(17-23-11-12-24(34)18-29(23)35)39-32(42)22-7-4-3-5-8-22/h3-20H,1-2H3,(H,36,40)(H,37,41)(H,38,43)(H,39,42)/b30-17+. The molecule has 11 heteroatoms. The first kappa shape index (κ1) is 32.3. The van der Waals surface area contributed by atoms with E-state index < -0.39 is 17.1 Å². The summed E-state index contributed by atoms with van der Waals surface area (Å²) in [5.41, 5.74) is 2.52. The summed E-state index contributed by atoms with van der Waals surface area (Å²) >= 11 is 13.7. The van der Waals surface area contributed by atoms with Crippen LogP contribution in [0.3, 0.4) is 0 Å². The lowest BCUT2D eigenvalue weighted by molar-refractivity contribution is -0.115. The van der Waals surface area contributed by atoms with E-state index in [2.05, 4.69) is 21.3 Å². The predicted molar refractivity (Wildman–Crippen MR) is 178 cm³/mol. The van der Waals surface area contributed by atoms with E-state index >= 15 is 0 Å². The Balaban J connectivity index is 1.46. The zero-order valence-electron chi connectivity index (χ0n) is 23.7. The monoisotopic (exact) mass is 646 g/mol. The molecule has 0 aliphatic rings. The molecule has 4 aromatic carbocycles. The van der Waals surface area contributed by atoms with Crippen molar-refractivity contribution in [3.8, 4) is 0 Å². The summed E-state index contributed by atoms with van der Waals surface area (Å²) < 4.78 is 0. The van der Waals surface area contributed by atoms with E-state index in [-0.39, 0.29) is 17.5 Å². The van der Waals surface area contributed by atoms with Crippen LogP contribution in [0.25, 0.3) is 6.08 Å². The molecule has 1 atom stereocenters. The molecule has 0 aliphatic heterocycles. The summed E-state index contributed by atoms with van der Waals surface area (Å²) in [4.78, 5) is 51.1. The molecule has 4 N–H and O–H groups in total. The van der Waals surface area contributed by atoms with Crippen LogP contribution in [0.4, 0.5) is 17.1 Å². The Morgan fingerprint density at radius 3 is 2.09 bits per heavy atom. The Hall–Kier alpha value is -4.57. The fourth-order valence-electron chi connectivity index (χ4n) is 3.90. The molecular formula is C33H28Cl2N4O4S. The summed E-state index contributed by atoms with van der Waals surface area (Å²) in [6.45, 7) is 3.19. The molecule has 224 valence electrons. The highest BCUT2D eigenvalue weighted by Gasteiger charge is 2.18. The van der Waals surface area contributed by atoms with Crippen molar-refractivity contribution in [3.63, 3.8) is 0 Å². The fraction of sp³-hybridized carbons (Fsp3) is 0.0909. The van der Waals surface area contributed by atoms with Crippen molar-refractivity contribution in [2.24, 2.45) is 0 Å². The van der Waals surface area contributed by atoms with Gasteiger partial charge in [0, 0.05) is 44.5 Å². The molecule has 0 heterocycles. The minimum absolute atomic E-state index is 0.0293. The summed E-state index contributed by atoms with van der Waals surface area (Å²) in [6.07, 6.45) is 1.47. The van der Waals surface area contributed by atoms with E-state index in [4.69, 9.17) is 23.2 Å². The van der Waals surface area contributed by atoms with Gasteiger partial charge in [-0.3, -0.25) is 19.2 Å². The lowest BCUT2D eigenvalue weighted by atomic mass is 10.1. The Labute approximate surface area is 269 Å². The highest BCUT2D eigenvalue weighted by Crippen LogP contribution is 2.28. The highest BCUT2D eigenvalue weighted by molar-refractivity contribution is 8.00. The number of amides is 4. The van der Waals surface area contributed by atoms with E-state index in [0.29, 0.717) is 38.2 Å². The molecule has 0 saturated carbocycles. The second-order valence-corrected chi connectivity index (χ2v) is 11.8. The summed E-state index contributed by atoms with van der Waals surface area (Å²) in [5, 5.41) is 11.3. The average Bonchev–Trinajstić information content (AvgIpc) is 2.99. The van der Waals surface area contributed by atoms with Crippen LogP contribution in [0.2, 0.25) is 10.0 Å². The van der Waals surface area contributed by atoms with E-state index in [9.17, 15) is 19.2 Å².